The minimum absolute atomic E-state index is 0.0737. The number of esters is 1. The molecule has 0 saturated carbocycles. The van der Waals surface area contributed by atoms with Crippen LogP contribution in [-0.2, 0) is 32.7 Å². The molecule has 2 aliphatic heterocycles. The fourth-order valence-electron chi connectivity index (χ4n) is 4.76. The second-order valence-electron chi connectivity index (χ2n) is 9.60. The summed E-state index contributed by atoms with van der Waals surface area (Å²) < 4.78 is 12.7. The predicted molar refractivity (Wildman–Crippen MR) is 155 cm³/mol. The van der Waals surface area contributed by atoms with E-state index in [0.29, 0.717) is 59.6 Å². The van der Waals surface area contributed by atoms with Gasteiger partial charge in [0, 0.05) is 36.8 Å². The Morgan fingerprint density at radius 2 is 2.00 bits per heavy atom. The molecule has 0 spiro atoms. The van der Waals surface area contributed by atoms with E-state index in [4.69, 9.17) is 4.74 Å². The van der Waals surface area contributed by atoms with Gasteiger partial charge in [0.2, 0.25) is 5.91 Å². The Hall–Kier alpha value is -4.36. The number of aryl methyl sites for hydroxylation is 1. The van der Waals surface area contributed by atoms with Crippen LogP contribution < -0.4 is 26.8 Å². The van der Waals surface area contributed by atoms with Crippen LogP contribution in [0.15, 0.2) is 57.0 Å². The van der Waals surface area contributed by atoms with Crippen LogP contribution in [0.2, 0.25) is 0 Å². The molecule has 1 aromatic heterocycles. The second-order valence-corrected chi connectivity index (χ2v) is 10.6. The van der Waals surface area contributed by atoms with Crippen LogP contribution in [-0.4, -0.2) is 65.7 Å². The lowest BCUT2D eigenvalue weighted by molar-refractivity contribution is -0.134. The minimum Gasteiger partial charge on any atom is -0.466 e. The van der Waals surface area contributed by atoms with Gasteiger partial charge in [-0.25, -0.2) is 14.4 Å². The van der Waals surface area contributed by atoms with Gasteiger partial charge >= 0.3 is 17.8 Å². The molecule has 0 radical (unpaired) electrons. The van der Waals surface area contributed by atoms with Crippen molar-refractivity contribution >= 4 is 58.1 Å². The normalized spacial score (nSPS) is 16.6. The van der Waals surface area contributed by atoms with Crippen LogP contribution in [0.1, 0.15) is 12.0 Å². The van der Waals surface area contributed by atoms with Crippen LogP contribution in [0.5, 0.6) is 0 Å². The molecule has 0 bridgehead atoms. The number of nitrogens with one attached hydrogen (secondary N) is 2. The number of hydrogen-bond acceptors (Lipinski definition) is 9. The van der Waals surface area contributed by atoms with Crippen LogP contribution in [0.4, 0.5) is 16.2 Å². The number of ether oxygens (including phenoxy) is 2. The van der Waals surface area contributed by atoms with E-state index in [9.17, 15) is 24.0 Å². The number of methoxy groups -OCH3 is 1. The number of thioether (sulfide) groups is 1. The molecular formula is C28H29N5O7S. The Kier molecular flexibility index (Phi) is 8.26. The van der Waals surface area contributed by atoms with E-state index in [1.165, 1.54) is 34.1 Å². The standard InChI is InChI=1S/C28H29N5O7S/c1-31-22-13-17(4-8-25(35)39-2)3-6-20(22)26(36)32(27(31)37)12-11-29-10-9-19-15-33(28(38)40-19)18-5-7-23-21(14-18)30-24(34)16-41-23/h3-8,13-14,19,29H,9-12,15-16H2,1-2H3,(H,30,34)/b8-4+. The summed E-state index contributed by atoms with van der Waals surface area (Å²) in [6.07, 6.45) is 2.60. The van der Waals surface area contributed by atoms with Crippen LogP contribution in [0, 0.1) is 0 Å². The molecule has 1 unspecified atom stereocenters. The zero-order valence-corrected chi connectivity index (χ0v) is 23.4. The third kappa shape index (κ3) is 6.05. The van der Waals surface area contributed by atoms with Crippen LogP contribution >= 0.6 is 11.8 Å². The van der Waals surface area contributed by atoms with E-state index in [2.05, 4.69) is 15.4 Å². The average Bonchev–Trinajstić information content (AvgIpc) is 3.35. The van der Waals surface area contributed by atoms with Gasteiger partial charge in [-0.15, -0.1) is 11.8 Å². The van der Waals surface area contributed by atoms with Gasteiger partial charge in [0.25, 0.3) is 5.56 Å². The maximum absolute atomic E-state index is 13.1. The Morgan fingerprint density at radius 1 is 1.17 bits per heavy atom. The highest BCUT2D eigenvalue weighted by Crippen LogP contribution is 2.35. The molecule has 1 fully saturated rings. The third-order valence-corrected chi connectivity index (χ3v) is 8.00. The van der Waals surface area contributed by atoms with Crippen molar-refractivity contribution in [3.8, 4) is 0 Å². The summed E-state index contributed by atoms with van der Waals surface area (Å²) in [5.41, 5.74) is 1.62. The Labute approximate surface area is 238 Å². The highest BCUT2D eigenvalue weighted by atomic mass is 32.2. The molecule has 41 heavy (non-hydrogen) atoms. The van der Waals surface area contributed by atoms with E-state index < -0.39 is 23.3 Å². The number of fused-ring (bicyclic) bond motifs is 2. The van der Waals surface area contributed by atoms with Crippen molar-refractivity contribution in [1.29, 1.82) is 0 Å². The number of hydrogen-bond donors (Lipinski definition) is 2. The fourth-order valence-corrected chi connectivity index (χ4v) is 5.55. The summed E-state index contributed by atoms with van der Waals surface area (Å²) in [6.45, 7) is 1.43. The Bertz CT molecular complexity index is 1680. The first-order chi connectivity index (χ1) is 19.7. The number of cyclic esters (lactones) is 1. The zero-order chi connectivity index (χ0) is 29.1. The number of rotatable bonds is 9. The minimum atomic E-state index is -0.504. The van der Waals surface area contributed by atoms with Gasteiger partial charge in [-0.2, -0.15) is 0 Å². The van der Waals surface area contributed by atoms with Gasteiger partial charge in [0.1, 0.15) is 6.10 Å². The summed E-state index contributed by atoms with van der Waals surface area (Å²) in [6, 6.07) is 10.5. The number of benzene rings is 2. The fraction of sp³-hybridized carbons (Fsp3) is 0.321. The van der Waals surface area contributed by atoms with Crippen molar-refractivity contribution in [2.45, 2.75) is 24.0 Å². The summed E-state index contributed by atoms with van der Waals surface area (Å²) >= 11 is 1.46. The van der Waals surface area contributed by atoms with E-state index in [1.807, 2.05) is 12.1 Å². The number of aromatic nitrogens is 2. The topological polar surface area (TPSA) is 141 Å². The number of amides is 2. The van der Waals surface area contributed by atoms with Crippen molar-refractivity contribution in [2.75, 3.05) is 42.7 Å². The first-order valence-corrected chi connectivity index (χ1v) is 14.0. The van der Waals surface area contributed by atoms with Gasteiger partial charge in [0.05, 0.1) is 36.0 Å². The van der Waals surface area contributed by atoms with Crippen molar-refractivity contribution in [3.63, 3.8) is 0 Å². The summed E-state index contributed by atoms with van der Waals surface area (Å²) in [5.74, 6) is -0.207. The molecular weight excluding hydrogens is 550 g/mol. The molecule has 3 aromatic rings. The summed E-state index contributed by atoms with van der Waals surface area (Å²) in [4.78, 5) is 64.1. The molecule has 2 aliphatic rings. The Balaban J connectivity index is 1.16. The number of carbonyl (C=O) groups is 3. The smallest absolute Gasteiger partial charge is 0.414 e. The maximum Gasteiger partial charge on any atom is 0.414 e. The van der Waals surface area contributed by atoms with Crippen molar-refractivity contribution in [1.82, 2.24) is 14.5 Å². The molecule has 2 aromatic carbocycles. The molecule has 5 rings (SSSR count). The zero-order valence-electron chi connectivity index (χ0n) is 22.5. The summed E-state index contributed by atoms with van der Waals surface area (Å²) in [5, 5.41) is 6.44. The molecule has 13 heteroatoms. The van der Waals surface area contributed by atoms with Gasteiger partial charge < -0.3 is 20.1 Å². The summed E-state index contributed by atoms with van der Waals surface area (Å²) in [7, 11) is 2.88. The first kappa shape index (κ1) is 28.2. The van der Waals surface area contributed by atoms with Crippen molar-refractivity contribution in [3.05, 3.63) is 68.9 Å². The van der Waals surface area contributed by atoms with Gasteiger partial charge in [-0.1, -0.05) is 6.07 Å². The van der Waals surface area contributed by atoms with E-state index in [-0.39, 0.29) is 18.6 Å². The number of anilines is 2. The lowest BCUT2D eigenvalue weighted by Crippen LogP contribution is -2.41. The molecule has 3 heterocycles. The highest BCUT2D eigenvalue weighted by Gasteiger charge is 2.32. The maximum atomic E-state index is 13.1. The highest BCUT2D eigenvalue weighted by molar-refractivity contribution is 8.00. The number of carbonyl (C=O) groups excluding carboxylic acids is 3. The molecule has 1 atom stereocenters. The second kappa shape index (κ2) is 12.0. The van der Waals surface area contributed by atoms with Gasteiger partial charge in [0.15, 0.2) is 0 Å². The quantitative estimate of drug-likeness (QED) is 0.221. The van der Waals surface area contributed by atoms with Gasteiger partial charge in [-0.05, 0) is 54.9 Å². The predicted octanol–water partition coefficient (Wildman–Crippen LogP) is 1.94. The first-order valence-electron chi connectivity index (χ1n) is 13.0. The largest absolute Gasteiger partial charge is 0.466 e. The van der Waals surface area contributed by atoms with E-state index >= 15 is 0 Å². The molecule has 1 saturated heterocycles. The third-order valence-electron chi connectivity index (χ3n) is 6.93. The lowest BCUT2D eigenvalue weighted by atomic mass is 10.1. The molecule has 214 valence electrons. The van der Waals surface area contributed by atoms with Crippen LogP contribution in [0.3, 0.4) is 0 Å². The lowest BCUT2D eigenvalue weighted by Gasteiger charge is -2.20. The SMILES string of the molecule is COC(=O)/C=C/c1ccc2c(=O)n(CCNCCC3CN(c4ccc5c(c4)NC(=O)CS5)C(=O)O3)c(=O)n(C)c2c1. The van der Waals surface area contributed by atoms with Crippen molar-refractivity contribution in [2.24, 2.45) is 7.05 Å². The van der Waals surface area contributed by atoms with E-state index in [0.717, 1.165) is 4.90 Å². The molecule has 12 nitrogen and oxygen atoms in total. The van der Waals surface area contributed by atoms with Crippen molar-refractivity contribution < 1.29 is 23.9 Å². The van der Waals surface area contributed by atoms with Gasteiger partial charge in [-0.3, -0.25) is 23.6 Å². The Morgan fingerprint density at radius 3 is 2.80 bits per heavy atom. The van der Waals surface area contributed by atoms with Crippen LogP contribution in [0.25, 0.3) is 17.0 Å². The molecule has 2 amide bonds. The number of nitrogens with zero attached hydrogens (tertiary/aromatic N) is 3. The monoisotopic (exact) mass is 579 g/mol. The molecule has 0 aliphatic carbocycles. The molecule has 2 N–H and O–H groups in total. The van der Waals surface area contributed by atoms with E-state index in [1.54, 1.807) is 42.3 Å². The average molecular weight is 580 g/mol.